The third-order valence-corrected chi connectivity index (χ3v) is 4.87. The lowest BCUT2D eigenvalue weighted by Crippen LogP contribution is -2.25. The Bertz CT molecular complexity index is 492. The molecular formula is C20H30O2. The summed E-state index contributed by atoms with van der Waals surface area (Å²) < 4.78 is 5.02. The van der Waals surface area contributed by atoms with Gasteiger partial charge in [-0.15, -0.1) is 0 Å². The second kappa shape index (κ2) is 7.80. The molecule has 0 N–H and O–H groups in total. The van der Waals surface area contributed by atoms with Crippen molar-refractivity contribution in [3.8, 4) is 0 Å². The van der Waals surface area contributed by atoms with Gasteiger partial charge in [0.1, 0.15) is 0 Å². The van der Waals surface area contributed by atoms with Crippen molar-refractivity contribution in [2.45, 2.75) is 71.1 Å². The Balaban J connectivity index is 1.92. The molecule has 22 heavy (non-hydrogen) atoms. The van der Waals surface area contributed by atoms with E-state index in [0.717, 1.165) is 18.8 Å². The molecule has 0 spiro atoms. The Labute approximate surface area is 135 Å². The van der Waals surface area contributed by atoms with E-state index >= 15 is 0 Å². The molecule has 1 atom stereocenters. The maximum absolute atomic E-state index is 10.8. The highest BCUT2D eigenvalue weighted by molar-refractivity contribution is 5.65. The Hall–Kier alpha value is -1.31. The molecule has 1 aliphatic rings. The number of benzene rings is 1. The van der Waals surface area contributed by atoms with Crippen LogP contribution in [0.2, 0.25) is 0 Å². The van der Waals surface area contributed by atoms with Crippen LogP contribution in [0.15, 0.2) is 24.3 Å². The number of aryl methyl sites for hydroxylation is 1. The Kier molecular flexibility index (Phi) is 6.05. The van der Waals surface area contributed by atoms with Crippen LogP contribution in [-0.2, 0) is 21.4 Å². The van der Waals surface area contributed by atoms with Gasteiger partial charge in [-0.25, -0.2) is 0 Å². The minimum absolute atomic E-state index is 0.166. The van der Waals surface area contributed by atoms with Gasteiger partial charge in [0.2, 0.25) is 0 Å². The van der Waals surface area contributed by atoms with Crippen molar-refractivity contribution in [3.05, 3.63) is 35.4 Å². The number of rotatable bonds is 8. The van der Waals surface area contributed by atoms with Gasteiger partial charge in [0.15, 0.2) is 0 Å². The van der Waals surface area contributed by atoms with Crippen molar-refractivity contribution in [1.82, 2.24) is 0 Å². The average Bonchev–Trinajstić information content (AvgIpc) is 2.81. The van der Waals surface area contributed by atoms with E-state index in [1.807, 2.05) is 0 Å². The Morgan fingerprint density at radius 2 is 2.00 bits per heavy atom. The Morgan fingerprint density at radius 3 is 2.73 bits per heavy atom. The van der Waals surface area contributed by atoms with Crippen LogP contribution in [0.3, 0.4) is 0 Å². The molecule has 0 unspecified atom stereocenters. The zero-order valence-corrected chi connectivity index (χ0v) is 14.4. The number of hydrogen-bond donors (Lipinski definition) is 0. The summed E-state index contributed by atoms with van der Waals surface area (Å²) in [5.41, 5.74) is 3.54. The fourth-order valence-electron chi connectivity index (χ4n) is 4.08. The van der Waals surface area contributed by atoms with Crippen LogP contribution in [0, 0.1) is 5.92 Å². The first kappa shape index (κ1) is 17.1. The zero-order chi connectivity index (χ0) is 16.0. The number of carbonyl (C=O) groups excluding carboxylic acids is 1. The topological polar surface area (TPSA) is 26.3 Å². The van der Waals surface area contributed by atoms with E-state index in [0.29, 0.717) is 12.0 Å². The highest BCUT2D eigenvalue weighted by Crippen LogP contribution is 2.46. The normalized spacial score (nSPS) is 20.2. The molecule has 0 fully saturated rings. The number of unbranched alkanes of at least 4 members (excludes halogenated alkanes) is 2. The van der Waals surface area contributed by atoms with Gasteiger partial charge in [0, 0.05) is 6.92 Å². The summed E-state index contributed by atoms with van der Waals surface area (Å²) in [4.78, 5) is 10.8. The zero-order valence-electron chi connectivity index (χ0n) is 14.4. The van der Waals surface area contributed by atoms with Crippen LogP contribution in [0.4, 0.5) is 0 Å². The molecule has 0 heterocycles. The summed E-state index contributed by atoms with van der Waals surface area (Å²) in [6.07, 6.45) is 8.44. The monoisotopic (exact) mass is 302 g/mol. The van der Waals surface area contributed by atoms with Gasteiger partial charge in [-0.2, -0.15) is 0 Å². The van der Waals surface area contributed by atoms with E-state index in [1.165, 1.54) is 39.0 Å². The SMILES string of the molecule is CC(=O)OCCCCC[C@@]1(CC(C)C)CCc2ccccc21. The third-order valence-electron chi connectivity index (χ3n) is 4.87. The van der Waals surface area contributed by atoms with E-state index in [1.54, 1.807) is 11.1 Å². The van der Waals surface area contributed by atoms with Crippen LogP contribution in [-0.4, -0.2) is 12.6 Å². The van der Waals surface area contributed by atoms with E-state index in [9.17, 15) is 4.79 Å². The van der Waals surface area contributed by atoms with Crippen molar-refractivity contribution < 1.29 is 9.53 Å². The number of carbonyl (C=O) groups is 1. The maximum Gasteiger partial charge on any atom is 0.302 e. The smallest absolute Gasteiger partial charge is 0.302 e. The molecule has 1 aromatic rings. The highest BCUT2D eigenvalue weighted by Gasteiger charge is 2.38. The second-order valence-electron chi connectivity index (χ2n) is 7.19. The van der Waals surface area contributed by atoms with Crippen molar-refractivity contribution in [2.75, 3.05) is 6.61 Å². The van der Waals surface area contributed by atoms with Crippen LogP contribution in [0.5, 0.6) is 0 Å². The van der Waals surface area contributed by atoms with Gasteiger partial charge in [-0.1, -0.05) is 51.0 Å². The molecule has 2 nitrogen and oxygen atoms in total. The second-order valence-corrected chi connectivity index (χ2v) is 7.19. The lowest BCUT2D eigenvalue weighted by atomic mass is 9.72. The maximum atomic E-state index is 10.8. The predicted molar refractivity (Wildman–Crippen MR) is 91.0 cm³/mol. The summed E-state index contributed by atoms with van der Waals surface area (Å²) >= 11 is 0. The van der Waals surface area contributed by atoms with Gasteiger partial charge < -0.3 is 4.74 Å². The van der Waals surface area contributed by atoms with Crippen molar-refractivity contribution in [2.24, 2.45) is 5.92 Å². The van der Waals surface area contributed by atoms with Crippen LogP contribution in [0.1, 0.15) is 70.4 Å². The van der Waals surface area contributed by atoms with E-state index < -0.39 is 0 Å². The van der Waals surface area contributed by atoms with E-state index in [4.69, 9.17) is 4.74 Å². The summed E-state index contributed by atoms with van der Waals surface area (Å²) in [5.74, 6) is 0.563. The molecule has 0 amide bonds. The third kappa shape index (κ3) is 4.34. The van der Waals surface area contributed by atoms with Crippen LogP contribution >= 0.6 is 0 Å². The number of hydrogen-bond acceptors (Lipinski definition) is 2. The fourth-order valence-corrected chi connectivity index (χ4v) is 4.08. The molecule has 2 heteroatoms. The largest absolute Gasteiger partial charge is 0.466 e. The first-order chi connectivity index (χ1) is 10.5. The Morgan fingerprint density at radius 1 is 1.23 bits per heavy atom. The highest BCUT2D eigenvalue weighted by atomic mass is 16.5. The molecule has 2 rings (SSSR count). The first-order valence-electron chi connectivity index (χ1n) is 8.75. The first-order valence-corrected chi connectivity index (χ1v) is 8.75. The van der Waals surface area contributed by atoms with Gasteiger partial charge in [-0.3, -0.25) is 4.79 Å². The standard InChI is InChI=1S/C20H30O2/c1-16(2)15-20(12-7-4-8-14-22-17(3)21)13-11-18-9-5-6-10-19(18)20/h5-6,9-10,16H,4,7-8,11-15H2,1-3H3/t20-/m0/s1. The lowest BCUT2D eigenvalue weighted by Gasteiger charge is -2.32. The molecule has 0 radical (unpaired) electrons. The minimum atomic E-state index is -0.166. The van der Waals surface area contributed by atoms with Gasteiger partial charge >= 0.3 is 5.97 Å². The molecule has 0 saturated carbocycles. The number of esters is 1. The summed E-state index contributed by atoms with van der Waals surface area (Å²) in [6.45, 7) is 6.73. The predicted octanol–water partition coefficient (Wildman–Crippen LogP) is 5.04. The van der Waals surface area contributed by atoms with Gasteiger partial charge in [0.25, 0.3) is 0 Å². The molecule has 122 valence electrons. The fraction of sp³-hybridized carbons (Fsp3) is 0.650. The van der Waals surface area contributed by atoms with E-state index in [-0.39, 0.29) is 5.97 Å². The lowest BCUT2D eigenvalue weighted by molar-refractivity contribution is -0.141. The summed E-state index contributed by atoms with van der Waals surface area (Å²) in [6, 6.07) is 9.02. The van der Waals surface area contributed by atoms with Crippen molar-refractivity contribution in [3.63, 3.8) is 0 Å². The van der Waals surface area contributed by atoms with Crippen molar-refractivity contribution in [1.29, 1.82) is 0 Å². The molecule has 1 aromatic carbocycles. The molecular weight excluding hydrogens is 272 g/mol. The molecule has 0 bridgehead atoms. The van der Waals surface area contributed by atoms with Crippen molar-refractivity contribution >= 4 is 5.97 Å². The molecule has 0 aliphatic heterocycles. The average molecular weight is 302 g/mol. The minimum Gasteiger partial charge on any atom is -0.466 e. The number of fused-ring (bicyclic) bond motifs is 1. The van der Waals surface area contributed by atoms with Gasteiger partial charge in [-0.05, 0) is 54.6 Å². The van der Waals surface area contributed by atoms with E-state index in [2.05, 4.69) is 38.1 Å². The van der Waals surface area contributed by atoms with Crippen LogP contribution < -0.4 is 0 Å². The van der Waals surface area contributed by atoms with Gasteiger partial charge in [0.05, 0.1) is 6.61 Å². The molecule has 0 saturated heterocycles. The number of ether oxygens (including phenoxy) is 1. The molecule has 1 aliphatic carbocycles. The van der Waals surface area contributed by atoms with Crippen LogP contribution in [0.25, 0.3) is 0 Å². The summed E-state index contributed by atoms with van der Waals surface area (Å²) in [7, 11) is 0. The molecule has 0 aromatic heterocycles. The quantitative estimate of drug-likeness (QED) is 0.496. The summed E-state index contributed by atoms with van der Waals surface area (Å²) in [5, 5.41) is 0.